The molecular formula is C12H18O7. The highest BCUT2D eigenvalue weighted by Gasteiger charge is 2.53. The molecule has 2 rings (SSSR count). The Morgan fingerprint density at radius 1 is 0.895 bits per heavy atom. The minimum absolute atomic E-state index is 0.455. The van der Waals surface area contributed by atoms with Crippen LogP contribution in [0.1, 0.15) is 27.7 Å². The molecule has 7 heteroatoms. The number of carbonyl (C=O) groups excluding carboxylic acids is 2. The number of hydrogen-bond acceptors (Lipinski definition) is 7. The lowest BCUT2D eigenvalue weighted by Gasteiger charge is -2.39. The number of hydrogen-bond donors (Lipinski definition) is 0. The minimum atomic E-state index is -0.736. The summed E-state index contributed by atoms with van der Waals surface area (Å²) in [6.45, 7) is 6.03. The van der Waals surface area contributed by atoms with Crippen LogP contribution in [-0.4, -0.2) is 48.9 Å². The van der Waals surface area contributed by atoms with Gasteiger partial charge in [0.2, 0.25) is 0 Å². The van der Waals surface area contributed by atoms with Crippen LogP contribution in [0.2, 0.25) is 0 Å². The zero-order valence-electron chi connectivity index (χ0n) is 11.3. The summed E-state index contributed by atoms with van der Waals surface area (Å²) in [5, 5.41) is 0. The minimum Gasteiger partial charge on any atom is -0.456 e. The van der Waals surface area contributed by atoms with Crippen molar-refractivity contribution < 1.29 is 33.3 Å². The predicted octanol–water partition coefficient (Wildman–Crippen LogP) is 0.356. The average molecular weight is 274 g/mol. The first-order chi connectivity index (χ1) is 8.88. The van der Waals surface area contributed by atoms with Crippen LogP contribution in [0.4, 0.5) is 0 Å². The van der Waals surface area contributed by atoms with Crippen molar-refractivity contribution in [1.29, 1.82) is 0 Å². The van der Waals surface area contributed by atoms with E-state index in [1.54, 1.807) is 13.8 Å². The topological polar surface area (TPSA) is 80.3 Å². The molecule has 2 heterocycles. The van der Waals surface area contributed by atoms with Crippen molar-refractivity contribution in [3.05, 3.63) is 0 Å². The molecule has 0 radical (unpaired) electrons. The van der Waals surface area contributed by atoms with Crippen molar-refractivity contribution in [3.8, 4) is 0 Å². The standard InChI is InChI=1S/C12H18O7/c1-5-9(16-6(2)13)10(17-7(3)14)11-12(15-5)19-8(4)18-11/h5,8-12H,1-4H3. The van der Waals surface area contributed by atoms with Crippen LogP contribution in [0.5, 0.6) is 0 Å². The van der Waals surface area contributed by atoms with Gasteiger partial charge in [0.25, 0.3) is 0 Å². The Labute approximate surface area is 111 Å². The second kappa shape index (κ2) is 5.44. The van der Waals surface area contributed by atoms with Crippen LogP contribution in [0.15, 0.2) is 0 Å². The average Bonchev–Trinajstić information content (AvgIpc) is 2.62. The number of ether oxygens (including phenoxy) is 5. The summed E-state index contributed by atoms with van der Waals surface area (Å²) >= 11 is 0. The molecule has 2 fully saturated rings. The van der Waals surface area contributed by atoms with Crippen molar-refractivity contribution in [2.45, 2.75) is 64.7 Å². The lowest BCUT2D eigenvalue weighted by atomic mass is 9.99. The molecule has 0 aliphatic carbocycles. The maximum Gasteiger partial charge on any atom is 0.303 e. The second-order valence-electron chi connectivity index (χ2n) is 4.66. The van der Waals surface area contributed by atoms with E-state index < -0.39 is 48.9 Å². The van der Waals surface area contributed by atoms with Gasteiger partial charge in [0, 0.05) is 13.8 Å². The molecule has 0 N–H and O–H groups in total. The molecule has 0 amide bonds. The summed E-state index contributed by atoms with van der Waals surface area (Å²) in [5.74, 6) is -0.943. The fourth-order valence-corrected chi connectivity index (χ4v) is 2.35. The zero-order chi connectivity index (χ0) is 14.2. The molecule has 6 unspecified atom stereocenters. The number of rotatable bonds is 2. The van der Waals surface area contributed by atoms with Gasteiger partial charge in [-0.05, 0) is 13.8 Å². The molecule has 0 aromatic carbocycles. The number of carbonyl (C=O) groups is 2. The molecule has 108 valence electrons. The molecule has 19 heavy (non-hydrogen) atoms. The van der Waals surface area contributed by atoms with Crippen LogP contribution < -0.4 is 0 Å². The number of esters is 2. The smallest absolute Gasteiger partial charge is 0.303 e. The third-order valence-corrected chi connectivity index (χ3v) is 3.01. The van der Waals surface area contributed by atoms with E-state index in [-0.39, 0.29) is 0 Å². The molecular weight excluding hydrogens is 256 g/mol. The molecule has 2 aliphatic rings. The van der Waals surface area contributed by atoms with E-state index in [2.05, 4.69) is 0 Å². The van der Waals surface area contributed by atoms with Crippen LogP contribution in [0, 0.1) is 0 Å². The van der Waals surface area contributed by atoms with Crippen molar-refractivity contribution in [3.63, 3.8) is 0 Å². The molecule has 2 aliphatic heterocycles. The van der Waals surface area contributed by atoms with E-state index in [9.17, 15) is 9.59 Å². The van der Waals surface area contributed by atoms with Gasteiger partial charge in [-0.2, -0.15) is 0 Å². The van der Waals surface area contributed by atoms with Crippen LogP contribution in [0.3, 0.4) is 0 Å². The Kier molecular flexibility index (Phi) is 4.07. The van der Waals surface area contributed by atoms with Crippen molar-refractivity contribution in [2.24, 2.45) is 0 Å². The molecule has 7 nitrogen and oxygen atoms in total. The van der Waals surface area contributed by atoms with Gasteiger partial charge in [-0.1, -0.05) is 0 Å². The normalized spacial score (nSPS) is 41.5. The molecule has 2 saturated heterocycles. The first-order valence-electron chi connectivity index (χ1n) is 6.19. The quantitative estimate of drug-likeness (QED) is 0.672. The predicted molar refractivity (Wildman–Crippen MR) is 60.9 cm³/mol. The van der Waals surface area contributed by atoms with E-state index in [1.165, 1.54) is 13.8 Å². The summed E-state index contributed by atoms with van der Waals surface area (Å²) in [6.07, 6.45) is -3.59. The van der Waals surface area contributed by atoms with Gasteiger partial charge in [0.15, 0.2) is 30.9 Å². The summed E-state index contributed by atoms with van der Waals surface area (Å²) in [7, 11) is 0. The van der Waals surface area contributed by atoms with Gasteiger partial charge in [-0.3, -0.25) is 9.59 Å². The summed E-state index contributed by atoms with van der Waals surface area (Å²) < 4.78 is 27.0. The van der Waals surface area contributed by atoms with Gasteiger partial charge in [-0.15, -0.1) is 0 Å². The lowest BCUT2D eigenvalue weighted by molar-refractivity contribution is -0.253. The molecule has 0 bridgehead atoms. The Balaban J connectivity index is 2.20. The van der Waals surface area contributed by atoms with E-state index in [0.717, 1.165) is 0 Å². The monoisotopic (exact) mass is 274 g/mol. The molecule has 6 atom stereocenters. The summed E-state index contributed by atoms with van der Waals surface area (Å²) in [4.78, 5) is 22.4. The van der Waals surface area contributed by atoms with E-state index in [0.29, 0.717) is 0 Å². The SMILES string of the molecule is CC(=O)OC1C(C)OC2OC(C)OC2C1OC(C)=O. The fourth-order valence-electron chi connectivity index (χ4n) is 2.35. The zero-order valence-corrected chi connectivity index (χ0v) is 11.3. The van der Waals surface area contributed by atoms with E-state index >= 15 is 0 Å². The third kappa shape index (κ3) is 3.05. The first kappa shape index (κ1) is 14.2. The van der Waals surface area contributed by atoms with E-state index in [1.807, 2.05) is 0 Å². The fraction of sp³-hybridized carbons (Fsp3) is 0.833. The van der Waals surface area contributed by atoms with Gasteiger partial charge < -0.3 is 23.7 Å². The lowest BCUT2D eigenvalue weighted by Crippen LogP contribution is -2.58. The van der Waals surface area contributed by atoms with Crippen LogP contribution >= 0.6 is 0 Å². The van der Waals surface area contributed by atoms with E-state index in [4.69, 9.17) is 23.7 Å². The first-order valence-corrected chi connectivity index (χ1v) is 6.19. The van der Waals surface area contributed by atoms with Gasteiger partial charge in [0.05, 0.1) is 6.10 Å². The summed E-state index contributed by atoms with van der Waals surface area (Å²) in [5.41, 5.74) is 0. The summed E-state index contributed by atoms with van der Waals surface area (Å²) in [6, 6.07) is 0. The highest BCUT2D eigenvalue weighted by Crippen LogP contribution is 2.34. The Bertz CT molecular complexity index is 369. The maximum atomic E-state index is 11.2. The number of fused-ring (bicyclic) bond motifs is 1. The Hall–Kier alpha value is -1.18. The second-order valence-corrected chi connectivity index (χ2v) is 4.66. The van der Waals surface area contributed by atoms with Crippen LogP contribution in [-0.2, 0) is 33.3 Å². The van der Waals surface area contributed by atoms with Crippen LogP contribution in [0.25, 0.3) is 0 Å². The molecule has 0 saturated carbocycles. The Morgan fingerprint density at radius 2 is 1.47 bits per heavy atom. The molecule has 0 aromatic heterocycles. The van der Waals surface area contributed by atoms with Crippen molar-refractivity contribution >= 4 is 11.9 Å². The highest BCUT2D eigenvalue weighted by molar-refractivity contribution is 5.67. The largest absolute Gasteiger partial charge is 0.456 e. The molecule has 0 aromatic rings. The maximum absolute atomic E-state index is 11.2. The third-order valence-electron chi connectivity index (χ3n) is 3.01. The Morgan fingerprint density at radius 3 is 2.05 bits per heavy atom. The molecule has 0 spiro atoms. The van der Waals surface area contributed by atoms with Gasteiger partial charge in [-0.25, -0.2) is 0 Å². The van der Waals surface area contributed by atoms with Crippen molar-refractivity contribution in [2.75, 3.05) is 0 Å². The van der Waals surface area contributed by atoms with Gasteiger partial charge in [0.1, 0.15) is 0 Å². The highest BCUT2D eigenvalue weighted by atomic mass is 16.8. The van der Waals surface area contributed by atoms with Crippen molar-refractivity contribution in [1.82, 2.24) is 0 Å². The van der Waals surface area contributed by atoms with Gasteiger partial charge >= 0.3 is 11.9 Å².